The summed E-state index contributed by atoms with van der Waals surface area (Å²) in [6.07, 6.45) is 0. The van der Waals surface area contributed by atoms with E-state index in [4.69, 9.17) is 0 Å². The van der Waals surface area contributed by atoms with Gasteiger partial charge in [0.25, 0.3) is 0 Å². The van der Waals surface area contributed by atoms with Gasteiger partial charge in [-0.1, -0.05) is 30.3 Å². The van der Waals surface area contributed by atoms with E-state index in [-0.39, 0.29) is 11.9 Å². The van der Waals surface area contributed by atoms with Gasteiger partial charge >= 0.3 is 5.97 Å². The smallest absolute Gasteiger partial charge is 0.330 e. The van der Waals surface area contributed by atoms with Crippen LogP contribution in [0.2, 0.25) is 0 Å². The van der Waals surface area contributed by atoms with E-state index < -0.39 is 12.0 Å². The van der Waals surface area contributed by atoms with Crippen LogP contribution in [0.3, 0.4) is 0 Å². The molecule has 0 saturated carbocycles. The third-order valence-electron chi connectivity index (χ3n) is 2.70. The molecule has 1 aromatic carbocycles. The van der Waals surface area contributed by atoms with E-state index in [2.05, 4.69) is 10.6 Å². The number of carbonyl (C=O) groups excluding carboxylic acids is 1. The van der Waals surface area contributed by atoms with Crippen LogP contribution in [0.1, 0.15) is 11.6 Å². The molecule has 0 bridgehead atoms. The molecule has 2 atom stereocenters. The molecule has 5 nitrogen and oxygen atoms in total. The van der Waals surface area contributed by atoms with E-state index in [1.165, 1.54) is 0 Å². The van der Waals surface area contributed by atoms with Gasteiger partial charge in [-0.2, -0.15) is 0 Å². The molecule has 1 aliphatic rings. The molecule has 0 spiro atoms. The zero-order valence-corrected chi connectivity index (χ0v) is 10.4. The van der Waals surface area contributed by atoms with E-state index in [1.807, 2.05) is 0 Å². The lowest BCUT2D eigenvalue weighted by Crippen LogP contribution is -2.45. The van der Waals surface area contributed by atoms with E-state index >= 15 is 0 Å². The zero-order chi connectivity index (χ0) is 13.0. The molecule has 1 aromatic rings. The lowest BCUT2D eigenvalue weighted by molar-refractivity contribution is -0.142. The van der Waals surface area contributed by atoms with Gasteiger partial charge in [0.1, 0.15) is 0 Å². The maximum Gasteiger partial charge on any atom is 0.330 e. The Labute approximate surface area is 109 Å². The minimum atomic E-state index is -1.06. The van der Waals surface area contributed by atoms with Crippen molar-refractivity contribution in [2.45, 2.75) is 12.1 Å². The lowest BCUT2D eigenvalue weighted by Gasteiger charge is -2.17. The number of thioether (sulfide) groups is 1. The highest BCUT2D eigenvalue weighted by atomic mass is 32.2. The summed E-state index contributed by atoms with van der Waals surface area (Å²) >= 11 is 1.62. The second kappa shape index (κ2) is 5.88. The number of hydrogen-bond acceptors (Lipinski definition) is 4. The first-order valence-electron chi connectivity index (χ1n) is 5.58. The van der Waals surface area contributed by atoms with Crippen molar-refractivity contribution in [3.63, 3.8) is 0 Å². The Morgan fingerprint density at radius 3 is 2.67 bits per heavy atom. The molecule has 0 aliphatic carbocycles. The number of rotatable bonds is 4. The van der Waals surface area contributed by atoms with E-state index in [0.29, 0.717) is 11.3 Å². The number of nitrogens with one attached hydrogen (secondary N) is 2. The fourth-order valence-electron chi connectivity index (χ4n) is 1.74. The minimum Gasteiger partial charge on any atom is -0.479 e. The van der Waals surface area contributed by atoms with Gasteiger partial charge in [0.2, 0.25) is 5.91 Å². The summed E-state index contributed by atoms with van der Waals surface area (Å²) in [5.41, 5.74) is 0.573. The molecule has 1 fully saturated rings. The second-order valence-corrected chi connectivity index (χ2v) is 4.99. The number of aliphatic carboxylic acids is 1. The second-order valence-electron chi connectivity index (χ2n) is 3.96. The van der Waals surface area contributed by atoms with Crippen LogP contribution in [0, 0.1) is 0 Å². The number of carboxylic acid groups (broad SMARTS) is 1. The molecule has 1 amide bonds. The first kappa shape index (κ1) is 12.9. The average Bonchev–Trinajstić information content (AvgIpc) is 2.90. The Balaban J connectivity index is 2.07. The van der Waals surface area contributed by atoms with Crippen LogP contribution >= 0.6 is 11.8 Å². The van der Waals surface area contributed by atoms with Crippen molar-refractivity contribution in [2.75, 3.05) is 11.6 Å². The quantitative estimate of drug-likeness (QED) is 0.743. The first-order valence-corrected chi connectivity index (χ1v) is 6.73. The highest BCUT2D eigenvalue weighted by Gasteiger charge is 2.28. The molecule has 1 aliphatic heterocycles. The Morgan fingerprint density at radius 1 is 1.39 bits per heavy atom. The first-order chi connectivity index (χ1) is 8.68. The van der Waals surface area contributed by atoms with Crippen molar-refractivity contribution in [2.24, 2.45) is 0 Å². The number of hydrogen-bond donors (Lipinski definition) is 3. The number of carbonyl (C=O) groups is 2. The lowest BCUT2D eigenvalue weighted by atomic mass is 10.1. The molecule has 18 heavy (non-hydrogen) atoms. The van der Waals surface area contributed by atoms with Crippen molar-refractivity contribution in [1.29, 1.82) is 0 Å². The van der Waals surface area contributed by atoms with Crippen molar-refractivity contribution in [1.82, 2.24) is 10.6 Å². The summed E-state index contributed by atoms with van der Waals surface area (Å²) in [4.78, 5) is 23.1. The van der Waals surface area contributed by atoms with Crippen LogP contribution in [0.5, 0.6) is 0 Å². The third-order valence-corrected chi connectivity index (χ3v) is 3.64. The number of amides is 1. The molecule has 96 valence electrons. The summed E-state index contributed by atoms with van der Waals surface area (Å²) in [7, 11) is 0. The monoisotopic (exact) mass is 266 g/mol. The molecule has 6 heteroatoms. The van der Waals surface area contributed by atoms with Crippen molar-refractivity contribution in [3.8, 4) is 0 Å². The molecule has 1 heterocycles. The van der Waals surface area contributed by atoms with E-state index in [9.17, 15) is 14.7 Å². The third kappa shape index (κ3) is 3.02. The normalized spacial score (nSPS) is 20.3. The Bertz CT molecular complexity index is 432. The topological polar surface area (TPSA) is 78.4 Å². The highest BCUT2D eigenvalue weighted by molar-refractivity contribution is 7.99. The summed E-state index contributed by atoms with van der Waals surface area (Å²) in [5, 5.41) is 14.7. The SMILES string of the molecule is O=C(N[C@@H](C(=O)O)c1ccccc1)C1CSCN1. The van der Waals surface area contributed by atoms with Gasteiger partial charge in [-0.25, -0.2) is 4.79 Å². The Hall–Kier alpha value is -1.53. The predicted octanol–water partition coefficient (Wildman–Crippen LogP) is 0.591. The molecular formula is C12H14N2O3S. The van der Waals surface area contributed by atoms with Gasteiger partial charge in [0.15, 0.2) is 6.04 Å². The largest absolute Gasteiger partial charge is 0.479 e. The van der Waals surface area contributed by atoms with E-state index in [1.54, 1.807) is 42.1 Å². The van der Waals surface area contributed by atoms with Gasteiger partial charge in [0, 0.05) is 11.6 Å². The summed E-state index contributed by atoms with van der Waals surface area (Å²) in [6.45, 7) is 0. The van der Waals surface area contributed by atoms with Crippen LogP contribution < -0.4 is 10.6 Å². The Kier molecular flexibility index (Phi) is 4.22. The molecular weight excluding hydrogens is 252 g/mol. The molecule has 1 saturated heterocycles. The van der Waals surface area contributed by atoms with Gasteiger partial charge in [0.05, 0.1) is 6.04 Å². The van der Waals surface area contributed by atoms with Gasteiger partial charge in [-0.15, -0.1) is 11.8 Å². The van der Waals surface area contributed by atoms with Crippen LogP contribution in [-0.4, -0.2) is 34.7 Å². The van der Waals surface area contributed by atoms with Crippen molar-refractivity contribution < 1.29 is 14.7 Å². The van der Waals surface area contributed by atoms with Crippen LogP contribution in [-0.2, 0) is 9.59 Å². The van der Waals surface area contributed by atoms with Crippen molar-refractivity contribution >= 4 is 23.6 Å². The fraction of sp³-hybridized carbons (Fsp3) is 0.333. The van der Waals surface area contributed by atoms with Gasteiger partial charge in [-0.3, -0.25) is 10.1 Å². The minimum absolute atomic E-state index is 0.267. The number of benzene rings is 1. The molecule has 2 rings (SSSR count). The van der Waals surface area contributed by atoms with Crippen molar-refractivity contribution in [3.05, 3.63) is 35.9 Å². The standard InChI is InChI=1S/C12H14N2O3S/c15-11(9-6-18-7-13-9)14-10(12(16)17)8-4-2-1-3-5-8/h1-5,9-10,13H,6-7H2,(H,14,15)(H,16,17)/t9?,10-/m1/s1. The molecule has 0 aromatic heterocycles. The Morgan fingerprint density at radius 2 is 2.11 bits per heavy atom. The maximum atomic E-state index is 11.9. The zero-order valence-electron chi connectivity index (χ0n) is 9.63. The number of carboxylic acids is 1. The molecule has 0 radical (unpaired) electrons. The molecule has 3 N–H and O–H groups in total. The van der Waals surface area contributed by atoms with Crippen LogP contribution in [0.25, 0.3) is 0 Å². The summed E-state index contributed by atoms with van der Waals surface area (Å²) in [5.74, 6) is 0.0742. The molecule has 1 unspecified atom stereocenters. The van der Waals surface area contributed by atoms with Gasteiger partial charge in [-0.05, 0) is 5.56 Å². The van der Waals surface area contributed by atoms with Crippen LogP contribution in [0.4, 0.5) is 0 Å². The summed E-state index contributed by atoms with van der Waals surface area (Å²) in [6, 6.07) is 7.39. The summed E-state index contributed by atoms with van der Waals surface area (Å²) < 4.78 is 0. The highest BCUT2D eigenvalue weighted by Crippen LogP contribution is 2.15. The van der Waals surface area contributed by atoms with Crippen LogP contribution in [0.15, 0.2) is 30.3 Å². The predicted molar refractivity (Wildman–Crippen MR) is 69.2 cm³/mol. The van der Waals surface area contributed by atoms with E-state index in [0.717, 1.165) is 5.88 Å². The maximum absolute atomic E-state index is 11.9. The van der Waals surface area contributed by atoms with Gasteiger partial charge < -0.3 is 10.4 Å². The fourth-order valence-corrected chi connectivity index (χ4v) is 2.68. The average molecular weight is 266 g/mol.